The molecule has 1 aliphatic heterocycles. The van der Waals surface area contributed by atoms with Crippen molar-refractivity contribution in [1.82, 2.24) is 10.6 Å². The van der Waals surface area contributed by atoms with Crippen LogP contribution in [-0.2, 0) is 9.53 Å². The summed E-state index contributed by atoms with van der Waals surface area (Å²) < 4.78 is 21.0. The van der Waals surface area contributed by atoms with Crippen molar-refractivity contribution in [3.63, 3.8) is 0 Å². The van der Waals surface area contributed by atoms with Crippen molar-refractivity contribution in [2.45, 2.75) is 32.9 Å². The number of urea groups is 1. The number of furan rings is 1. The van der Waals surface area contributed by atoms with Gasteiger partial charge in [0.1, 0.15) is 0 Å². The molecule has 1 atom stereocenters. The second-order valence-corrected chi connectivity index (χ2v) is 6.80. The lowest BCUT2D eigenvalue weighted by molar-refractivity contribution is -0.143. The highest BCUT2D eigenvalue weighted by atomic mass is 16.6. The van der Waals surface area contributed by atoms with Crippen molar-refractivity contribution in [2.75, 3.05) is 7.11 Å². The number of carbonyl (C=O) groups is 3. The van der Waals surface area contributed by atoms with E-state index in [4.69, 9.17) is 18.6 Å². The number of nitrogens with one attached hydrogen (secondary N) is 2. The van der Waals surface area contributed by atoms with Crippen LogP contribution in [0.4, 0.5) is 4.79 Å². The smallest absolute Gasteiger partial charge is 0.379 e. The summed E-state index contributed by atoms with van der Waals surface area (Å²) in [4.78, 5) is 36.8. The summed E-state index contributed by atoms with van der Waals surface area (Å²) in [5.41, 5.74) is 1.21. The maximum absolute atomic E-state index is 12.6. The van der Waals surface area contributed by atoms with Crippen LogP contribution in [0.25, 0.3) is 0 Å². The SMILES string of the molecule is COc1cc([C@@H]2NC(=O)NC(C)=C2C(=O)OC(C)C)ccc1OC(=O)c1ccco1. The summed E-state index contributed by atoms with van der Waals surface area (Å²) in [6.45, 7) is 5.10. The first-order chi connectivity index (χ1) is 14.3. The topological polar surface area (TPSA) is 116 Å². The number of benzene rings is 1. The maximum atomic E-state index is 12.6. The second kappa shape index (κ2) is 8.73. The normalized spacial score (nSPS) is 16.0. The summed E-state index contributed by atoms with van der Waals surface area (Å²) in [5.74, 6) is -0.779. The molecule has 9 nitrogen and oxygen atoms in total. The van der Waals surface area contributed by atoms with Crippen molar-refractivity contribution in [3.8, 4) is 11.5 Å². The fourth-order valence-corrected chi connectivity index (χ4v) is 2.98. The minimum absolute atomic E-state index is 0.0454. The van der Waals surface area contributed by atoms with E-state index in [1.165, 1.54) is 25.5 Å². The molecule has 0 radical (unpaired) electrons. The highest BCUT2D eigenvalue weighted by Gasteiger charge is 2.33. The monoisotopic (exact) mass is 414 g/mol. The molecule has 0 fully saturated rings. The van der Waals surface area contributed by atoms with Crippen LogP contribution >= 0.6 is 0 Å². The molecule has 0 spiro atoms. The van der Waals surface area contributed by atoms with Gasteiger partial charge in [-0.1, -0.05) is 6.07 Å². The van der Waals surface area contributed by atoms with E-state index in [1.807, 2.05) is 0 Å². The van der Waals surface area contributed by atoms with E-state index in [1.54, 1.807) is 39.0 Å². The van der Waals surface area contributed by atoms with Crippen LogP contribution < -0.4 is 20.1 Å². The van der Waals surface area contributed by atoms with Crippen molar-refractivity contribution >= 4 is 18.0 Å². The first-order valence-electron chi connectivity index (χ1n) is 9.23. The molecule has 3 rings (SSSR count). The number of allylic oxidation sites excluding steroid dienone is 1. The van der Waals surface area contributed by atoms with Gasteiger partial charge in [0.15, 0.2) is 11.5 Å². The Balaban J connectivity index is 1.93. The predicted octanol–water partition coefficient (Wildman–Crippen LogP) is 3.09. The molecule has 2 N–H and O–H groups in total. The molecule has 0 aliphatic carbocycles. The van der Waals surface area contributed by atoms with E-state index < -0.39 is 24.0 Å². The number of ether oxygens (including phenoxy) is 3. The molecule has 0 saturated carbocycles. The Labute approximate surface area is 173 Å². The zero-order chi connectivity index (χ0) is 21.8. The van der Waals surface area contributed by atoms with Crippen LogP contribution in [0, 0.1) is 0 Å². The van der Waals surface area contributed by atoms with Gasteiger partial charge < -0.3 is 29.3 Å². The Morgan fingerprint density at radius 2 is 1.90 bits per heavy atom. The molecule has 2 heterocycles. The number of rotatable bonds is 6. The Morgan fingerprint density at radius 3 is 2.53 bits per heavy atom. The van der Waals surface area contributed by atoms with Gasteiger partial charge in [-0.05, 0) is 50.6 Å². The molecule has 158 valence electrons. The molecule has 0 bridgehead atoms. The molecule has 9 heteroatoms. The molecule has 1 aliphatic rings. The van der Waals surface area contributed by atoms with Gasteiger partial charge in [-0.15, -0.1) is 0 Å². The predicted molar refractivity (Wildman–Crippen MR) is 105 cm³/mol. The van der Waals surface area contributed by atoms with E-state index in [0.29, 0.717) is 11.3 Å². The fourth-order valence-electron chi connectivity index (χ4n) is 2.98. The summed E-state index contributed by atoms with van der Waals surface area (Å²) >= 11 is 0. The van der Waals surface area contributed by atoms with E-state index in [9.17, 15) is 14.4 Å². The standard InChI is InChI=1S/C21H22N2O7/c1-11(2)29-20(25)17-12(3)22-21(26)23-18(17)13-7-8-14(16(10-13)27-4)30-19(24)15-6-5-9-28-15/h5-11,18H,1-4H3,(H2,22,23,26)/t18-/m0/s1. The first-order valence-corrected chi connectivity index (χ1v) is 9.23. The van der Waals surface area contributed by atoms with Crippen LogP contribution in [0.1, 0.15) is 42.9 Å². The Morgan fingerprint density at radius 1 is 1.13 bits per heavy atom. The molecule has 1 aromatic carbocycles. The van der Waals surface area contributed by atoms with E-state index >= 15 is 0 Å². The summed E-state index contributed by atoms with van der Waals surface area (Å²) in [7, 11) is 1.42. The van der Waals surface area contributed by atoms with Crippen LogP contribution in [0.2, 0.25) is 0 Å². The Bertz CT molecular complexity index is 993. The zero-order valence-corrected chi connectivity index (χ0v) is 17.0. The highest BCUT2D eigenvalue weighted by Crippen LogP contribution is 2.35. The Hall–Kier alpha value is -3.75. The minimum atomic E-state index is -0.770. The zero-order valence-electron chi connectivity index (χ0n) is 17.0. The third kappa shape index (κ3) is 4.45. The maximum Gasteiger partial charge on any atom is 0.379 e. The fraction of sp³-hybridized carbons (Fsp3) is 0.286. The lowest BCUT2D eigenvalue weighted by Gasteiger charge is -2.29. The number of carbonyl (C=O) groups excluding carboxylic acids is 3. The summed E-state index contributed by atoms with van der Waals surface area (Å²) in [6, 6.07) is 6.55. The molecule has 0 saturated heterocycles. The highest BCUT2D eigenvalue weighted by molar-refractivity contribution is 5.95. The lowest BCUT2D eigenvalue weighted by atomic mass is 9.95. The summed E-state index contributed by atoms with van der Waals surface area (Å²) in [6.07, 6.45) is 1.04. The molecule has 2 aromatic rings. The van der Waals surface area contributed by atoms with Gasteiger partial charge in [0.2, 0.25) is 5.76 Å². The van der Waals surface area contributed by atoms with Crippen molar-refractivity contribution in [2.24, 2.45) is 0 Å². The average molecular weight is 414 g/mol. The largest absolute Gasteiger partial charge is 0.493 e. The number of esters is 2. The van der Waals surface area contributed by atoms with Crippen molar-refractivity contribution in [3.05, 3.63) is 59.2 Å². The van der Waals surface area contributed by atoms with Crippen molar-refractivity contribution < 1.29 is 33.0 Å². The third-order valence-corrected chi connectivity index (χ3v) is 4.28. The number of amides is 2. The Kier molecular flexibility index (Phi) is 6.10. The van der Waals surface area contributed by atoms with Gasteiger partial charge in [-0.25, -0.2) is 14.4 Å². The molecule has 0 unspecified atom stereocenters. The molecule has 2 amide bonds. The van der Waals surface area contributed by atoms with Crippen LogP contribution in [0.5, 0.6) is 11.5 Å². The van der Waals surface area contributed by atoms with Gasteiger partial charge in [0.25, 0.3) is 0 Å². The van der Waals surface area contributed by atoms with E-state index in [2.05, 4.69) is 10.6 Å². The molecular formula is C21H22N2O7. The number of hydrogen-bond acceptors (Lipinski definition) is 7. The van der Waals surface area contributed by atoms with Gasteiger partial charge in [-0.2, -0.15) is 0 Å². The van der Waals surface area contributed by atoms with Gasteiger partial charge in [0, 0.05) is 5.70 Å². The number of methoxy groups -OCH3 is 1. The number of hydrogen-bond donors (Lipinski definition) is 2. The molecular weight excluding hydrogens is 392 g/mol. The second-order valence-electron chi connectivity index (χ2n) is 6.80. The van der Waals surface area contributed by atoms with E-state index in [0.717, 1.165) is 0 Å². The molecule has 30 heavy (non-hydrogen) atoms. The van der Waals surface area contributed by atoms with Gasteiger partial charge in [0.05, 0.1) is 31.1 Å². The third-order valence-electron chi connectivity index (χ3n) is 4.28. The lowest BCUT2D eigenvalue weighted by Crippen LogP contribution is -2.45. The summed E-state index contributed by atoms with van der Waals surface area (Å²) in [5, 5.41) is 5.30. The van der Waals surface area contributed by atoms with E-state index in [-0.39, 0.29) is 28.9 Å². The van der Waals surface area contributed by atoms with Crippen LogP contribution in [0.15, 0.2) is 52.3 Å². The van der Waals surface area contributed by atoms with Crippen LogP contribution in [-0.4, -0.2) is 31.2 Å². The quantitative estimate of drug-likeness (QED) is 0.551. The van der Waals surface area contributed by atoms with Crippen LogP contribution in [0.3, 0.4) is 0 Å². The minimum Gasteiger partial charge on any atom is -0.493 e. The van der Waals surface area contributed by atoms with Gasteiger partial charge >= 0.3 is 18.0 Å². The van der Waals surface area contributed by atoms with Gasteiger partial charge in [-0.3, -0.25) is 0 Å². The average Bonchev–Trinajstić information content (AvgIpc) is 3.22. The first kappa shape index (κ1) is 21.0. The van der Waals surface area contributed by atoms with Crippen molar-refractivity contribution in [1.29, 1.82) is 0 Å². The molecule has 1 aromatic heterocycles.